The van der Waals surface area contributed by atoms with Gasteiger partial charge in [0.2, 0.25) is 0 Å². The molecule has 1 atom stereocenters. The summed E-state index contributed by atoms with van der Waals surface area (Å²) in [5.41, 5.74) is 2.68. The number of rotatable bonds is 5. The van der Waals surface area contributed by atoms with Crippen LogP contribution in [0.1, 0.15) is 48.1 Å². The fourth-order valence-electron chi connectivity index (χ4n) is 3.47. The van der Waals surface area contributed by atoms with Crippen LogP contribution in [0.4, 0.5) is 18.9 Å². The predicted molar refractivity (Wildman–Crippen MR) is 108 cm³/mol. The zero-order valence-corrected chi connectivity index (χ0v) is 16.5. The highest BCUT2D eigenvalue weighted by atomic mass is 19.4. The Bertz CT molecular complexity index is 1010. The highest BCUT2D eigenvalue weighted by Crippen LogP contribution is 2.30. The molecule has 1 unspecified atom stereocenters. The molecule has 0 aliphatic heterocycles. The number of benzene rings is 2. The van der Waals surface area contributed by atoms with E-state index in [-0.39, 0.29) is 17.3 Å². The normalized spacial score (nSPS) is 15.0. The Morgan fingerprint density at radius 1 is 1.13 bits per heavy atom. The lowest BCUT2D eigenvalue weighted by Crippen LogP contribution is -2.28. The van der Waals surface area contributed by atoms with E-state index in [9.17, 15) is 23.2 Å². The fourth-order valence-corrected chi connectivity index (χ4v) is 3.47. The van der Waals surface area contributed by atoms with Gasteiger partial charge >= 0.3 is 6.18 Å². The highest BCUT2D eigenvalue weighted by molar-refractivity contribution is 5.97. The van der Waals surface area contributed by atoms with Gasteiger partial charge in [0.15, 0.2) is 0 Å². The molecule has 0 bridgehead atoms. The summed E-state index contributed by atoms with van der Waals surface area (Å²) >= 11 is 0. The minimum absolute atomic E-state index is 0.133. The zero-order chi connectivity index (χ0) is 21.7. The standard InChI is InChI=1S/C23H22F3N3O/c1-15(17-10-9-16-5-2-3-6-18(16)11-17)29-22(30)19(13-27)14-28-21-8-4-7-20(12-21)23(24,25)26/h4,7-12,14-15,28H,2-3,5-6H2,1H3,(H,29,30)/b19-14-. The Kier molecular flexibility index (Phi) is 6.46. The number of nitriles is 1. The van der Waals surface area contributed by atoms with Gasteiger partial charge in [0.25, 0.3) is 5.91 Å². The molecule has 156 valence electrons. The first-order valence-corrected chi connectivity index (χ1v) is 9.74. The van der Waals surface area contributed by atoms with Crippen LogP contribution < -0.4 is 10.6 Å². The highest BCUT2D eigenvalue weighted by Gasteiger charge is 2.30. The minimum atomic E-state index is -4.47. The van der Waals surface area contributed by atoms with Crippen molar-refractivity contribution in [2.45, 2.75) is 44.8 Å². The zero-order valence-electron chi connectivity index (χ0n) is 16.5. The molecule has 30 heavy (non-hydrogen) atoms. The van der Waals surface area contributed by atoms with Gasteiger partial charge in [-0.1, -0.05) is 24.3 Å². The molecule has 2 N–H and O–H groups in total. The van der Waals surface area contributed by atoms with E-state index < -0.39 is 17.6 Å². The van der Waals surface area contributed by atoms with Crippen LogP contribution >= 0.6 is 0 Å². The predicted octanol–water partition coefficient (Wildman–Crippen LogP) is 5.28. The molecule has 1 aliphatic rings. The van der Waals surface area contributed by atoms with E-state index in [1.165, 1.54) is 29.7 Å². The van der Waals surface area contributed by atoms with Crippen molar-refractivity contribution in [1.82, 2.24) is 5.32 Å². The second kappa shape index (κ2) is 9.04. The SMILES string of the molecule is CC(NC(=O)/C(C#N)=C\Nc1cccc(C(F)(F)F)c1)c1ccc2c(c1)CCCC2. The van der Waals surface area contributed by atoms with Gasteiger partial charge in [-0.2, -0.15) is 18.4 Å². The Morgan fingerprint density at radius 3 is 2.57 bits per heavy atom. The number of fused-ring (bicyclic) bond motifs is 1. The van der Waals surface area contributed by atoms with E-state index in [1.807, 2.05) is 13.0 Å². The Balaban J connectivity index is 1.68. The molecule has 7 heteroatoms. The quantitative estimate of drug-likeness (QED) is 0.518. The Labute approximate surface area is 173 Å². The second-order valence-electron chi connectivity index (χ2n) is 7.32. The van der Waals surface area contributed by atoms with E-state index in [0.717, 1.165) is 43.2 Å². The maximum Gasteiger partial charge on any atom is 0.416 e. The molecule has 2 aromatic rings. The number of nitrogens with one attached hydrogen (secondary N) is 2. The molecule has 0 fully saturated rings. The number of carbonyl (C=O) groups is 1. The lowest BCUT2D eigenvalue weighted by molar-refractivity contribution is -0.137. The Hall–Kier alpha value is -3.27. The summed E-state index contributed by atoms with van der Waals surface area (Å²) in [6.45, 7) is 1.83. The van der Waals surface area contributed by atoms with Gasteiger partial charge in [-0.15, -0.1) is 0 Å². The number of anilines is 1. The molecule has 0 heterocycles. The third-order valence-electron chi connectivity index (χ3n) is 5.16. The van der Waals surface area contributed by atoms with Gasteiger partial charge in [0.1, 0.15) is 11.6 Å². The number of nitrogens with zero attached hydrogens (tertiary/aromatic N) is 1. The fraction of sp³-hybridized carbons (Fsp3) is 0.304. The second-order valence-corrected chi connectivity index (χ2v) is 7.32. The molecule has 0 aromatic heterocycles. The van der Waals surface area contributed by atoms with E-state index in [1.54, 1.807) is 6.07 Å². The van der Waals surface area contributed by atoms with Crippen molar-refractivity contribution in [2.75, 3.05) is 5.32 Å². The van der Waals surface area contributed by atoms with Crippen molar-refractivity contribution in [3.8, 4) is 6.07 Å². The lowest BCUT2D eigenvalue weighted by Gasteiger charge is -2.20. The van der Waals surface area contributed by atoms with Crippen molar-refractivity contribution in [3.05, 3.63) is 76.5 Å². The smallest absolute Gasteiger partial charge is 0.360 e. The van der Waals surface area contributed by atoms with Crippen molar-refractivity contribution < 1.29 is 18.0 Å². The topological polar surface area (TPSA) is 64.9 Å². The number of amides is 1. The van der Waals surface area contributed by atoms with Crippen LogP contribution in [0, 0.1) is 11.3 Å². The van der Waals surface area contributed by atoms with Gasteiger partial charge < -0.3 is 10.6 Å². The molecule has 2 aromatic carbocycles. The number of halogens is 3. The van der Waals surface area contributed by atoms with Gasteiger partial charge in [-0.25, -0.2) is 0 Å². The third kappa shape index (κ3) is 5.20. The molecule has 1 aliphatic carbocycles. The molecule has 1 amide bonds. The summed E-state index contributed by atoms with van der Waals surface area (Å²) in [6, 6.07) is 12.2. The number of alkyl halides is 3. The average molecular weight is 413 g/mol. The van der Waals surface area contributed by atoms with Crippen LogP contribution in [-0.2, 0) is 23.8 Å². The molecule has 0 radical (unpaired) electrons. The molecular weight excluding hydrogens is 391 g/mol. The third-order valence-corrected chi connectivity index (χ3v) is 5.16. The Morgan fingerprint density at radius 2 is 1.87 bits per heavy atom. The summed E-state index contributed by atoms with van der Waals surface area (Å²) in [5.74, 6) is -0.595. The van der Waals surface area contributed by atoms with Crippen LogP contribution in [0.25, 0.3) is 0 Å². The van der Waals surface area contributed by atoms with Crippen LogP contribution in [0.15, 0.2) is 54.2 Å². The van der Waals surface area contributed by atoms with E-state index in [2.05, 4.69) is 22.8 Å². The van der Waals surface area contributed by atoms with Gasteiger partial charge in [0.05, 0.1) is 11.6 Å². The first-order valence-electron chi connectivity index (χ1n) is 9.74. The minimum Gasteiger partial charge on any atom is -0.360 e. The summed E-state index contributed by atoms with van der Waals surface area (Å²) in [7, 11) is 0. The largest absolute Gasteiger partial charge is 0.416 e. The van der Waals surface area contributed by atoms with Crippen LogP contribution in [-0.4, -0.2) is 5.91 Å². The van der Waals surface area contributed by atoms with Crippen molar-refractivity contribution in [2.24, 2.45) is 0 Å². The van der Waals surface area contributed by atoms with Crippen LogP contribution in [0.3, 0.4) is 0 Å². The molecule has 0 saturated heterocycles. The molecular formula is C23H22F3N3O. The van der Waals surface area contributed by atoms with Crippen molar-refractivity contribution >= 4 is 11.6 Å². The van der Waals surface area contributed by atoms with Gasteiger partial charge in [-0.3, -0.25) is 4.79 Å². The maximum atomic E-state index is 12.8. The van der Waals surface area contributed by atoms with Crippen molar-refractivity contribution in [3.63, 3.8) is 0 Å². The monoisotopic (exact) mass is 413 g/mol. The van der Waals surface area contributed by atoms with E-state index in [0.29, 0.717) is 0 Å². The molecule has 3 rings (SSSR count). The van der Waals surface area contributed by atoms with Crippen LogP contribution in [0.5, 0.6) is 0 Å². The molecule has 0 saturated carbocycles. The molecule has 4 nitrogen and oxygen atoms in total. The van der Waals surface area contributed by atoms with Gasteiger partial charge in [0, 0.05) is 11.9 Å². The number of hydrogen-bond donors (Lipinski definition) is 2. The number of aryl methyl sites for hydroxylation is 2. The first-order chi connectivity index (χ1) is 14.3. The number of carbonyl (C=O) groups excluding carboxylic acids is 1. The first kappa shape index (κ1) is 21.4. The van der Waals surface area contributed by atoms with Crippen LogP contribution in [0.2, 0.25) is 0 Å². The summed E-state index contributed by atoms with van der Waals surface area (Å²) in [6.07, 6.45) is 1.08. The van der Waals surface area contributed by atoms with Crippen molar-refractivity contribution in [1.29, 1.82) is 5.26 Å². The maximum absolute atomic E-state index is 12.8. The van der Waals surface area contributed by atoms with E-state index in [4.69, 9.17) is 0 Å². The summed E-state index contributed by atoms with van der Waals surface area (Å²) in [5, 5.41) is 14.7. The number of hydrogen-bond acceptors (Lipinski definition) is 3. The average Bonchev–Trinajstić information content (AvgIpc) is 2.73. The lowest BCUT2D eigenvalue weighted by atomic mass is 9.89. The molecule has 0 spiro atoms. The van der Waals surface area contributed by atoms with E-state index >= 15 is 0 Å². The van der Waals surface area contributed by atoms with Gasteiger partial charge in [-0.05, 0) is 67.5 Å². The summed E-state index contributed by atoms with van der Waals surface area (Å²) in [4.78, 5) is 12.5. The summed E-state index contributed by atoms with van der Waals surface area (Å²) < 4.78 is 38.4.